The first kappa shape index (κ1) is 13.7. The molecular formula is C14H20ClNO2. The van der Waals surface area contributed by atoms with Crippen LogP contribution in [-0.2, 0) is 0 Å². The molecule has 1 aliphatic carbocycles. The van der Waals surface area contributed by atoms with Gasteiger partial charge in [0.25, 0.3) is 0 Å². The van der Waals surface area contributed by atoms with E-state index >= 15 is 0 Å². The van der Waals surface area contributed by atoms with E-state index in [1.807, 2.05) is 12.1 Å². The van der Waals surface area contributed by atoms with Gasteiger partial charge in [-0.2, -0.15) is 0 Å². The maximum Gasteiger partial charge on any atom is 0.138 e. The Bertz CT molecular complexity index is 386. The van der Waals surface area contributed by atoms with Crippen LogP contribution < -0.4 is 10.1 Å². The van der Waals surface area contributed by atoms with Crippen LogP contribution in [-0.4, -0.2) is 30.9 Å². The lowest BCUT2D eigenvalue weighted by atomic mass is 10.3. The SMILES string of the molecule is CC1CC1CNCC(O)COc1ccccc1Cl. The molecule has 1 aromatic rings. The summed E-state index contributed by atoms with van der Waals surface area (Å²) in [6.45, 7) is 4.07. The van der Waals surface area contributed by atoms with Gasteiger partial charge in [0.05, 0.1) is 5.02 Å². The smallest absolute Gasteiger partial charge is 0.138 e. The maximum atomic E-state index is 9.77. The summed E-state index contributed by atoms with van der Waals surface area (Å²) < 4.78 is 5.47. The van der Waals surface area contributed by atoms with Crippen LogP contribution in [0, 0.1) is 11.8 Å². The Morgan fingerprint density at radius 2 is 2.22 bits per heavy atom. The van der Waals surface area contributed by atoms with E-state index in [2.05, 4.69) is 12.2 Å². The van der Waals surface area contributed by atoms with Gasteiger partial charge in [-0.05, 0) is 36.9 Å². The van der Waals surface area contributed by atoms with Gasteiger partial charge in [0.15, 0.2) is 0 Å². The van der Waals surface area contributed by atoms with Gasteiger partial charge in [0.1, 0.15) is 18.5 Å². The van der Waals surface area contributed by atoms with Gasteiger partial charge in [-0.1, -0.05) is 30.7 Å². The predicted octanol–water partition coefficient (Wildman–Crippen LogP) is 2.33. The maximum absolute atomic E-state index is 9.77. The van der Waals surface area contributed by atoms with Crippen molar-refractivity contribution >= 4 is 11.6 Å². The molecule has 0 bridgehead atoms. The van der Waals surface area contributed by atoms with Gasteiger partial charge in [0, 0.05) is 6.54 Å². The topological polar surface area (TPSA) is 41.5 Å². The Hall–Kier alpha value is -0.770. The van der Waals surface area contributed by atoms with Crippen molar-refractivity contribution in [1.82, 2.24) is 5.32 Å². The molecule has 3 unspecified atom stereocenters. The summed E-state index contributed by atoms with van der Waals surface area (Å²) in [5, 5.41) is 13.6. The number of para-hydroxylation sites is 1. The van der Waals surface area contributed by atoms with Crippen molar-refractivity contribution in [3.05, 3.63) is 29.3 Å². The molecule has 1 aromatic carbocycles. The molecule has 0 aliphatic heterocycles. The van der Waals surface area contributed by atoms with Gasteiger partial charge in [0.2, 0.25) is 0 Å². The zero-order chi connectivity index (χ0) is 13.0. The summed E-state index contributed by atoms with van der Waals surface area (Å²) in [6, 6.07) is 7.29. The Labute approximate surface area is 113 Å². The number of aliphatic hydroxyl groups excluding tert-OH is 1. The van der Waals surface area contributed by atoms with E-state index < -0.39 is 6.10 Å². The minimum Gasteiger partial charge on any atom is -0.489 e. The van der Waals surface area contributed by atoms with Crippen molar-refractivity contribution < 1.29 is 9.84 Å². The summed E-state index contributed by atoms with van der Waals surface area (Å²) in [4.78, 5) is 0. The number of halogens is 1. The summed E-state index contributed by atoms with van der Waals surface area (Å²) in [5.74, 6) is 2.25. The van der Waals surface area contributed by atoms with E-state index in [1.165, 1.54) is 6.42 Å². The first-order valence-corrected chi connectivity index (χ1v) is 6.80. The lowest BCUT2D eigenvalue weighted by Gasteiger charge is -2.13. The summed E-state index contributed by atoms with van der Waals surface area (Å²) in [6.07, 6.45) is 0.800. The molecule has 3 nitrogen and oxygen atoms in total. The highest BCUT2D eigenvalue weighted by atomic mass is 35.5. The summed E-state index contributed by atoms with van der Waals surface area (Å²) in [7, 11) is 0. The van der Waals surface area contributed by atoms with Gasteiger partial charge < -0.3 is 15.2 Å². The zero-order valence-corrected chi connectivity index (χ0v) is 11.4. The quantitative estimate of drug-likeness (QED) is 0.798. The molecule has 0 aromatic heterocycles. The summed E-state index contributed by atoms with van der Waals surface area (Å²) >= 11 is 5.96. The van der Waals surface area contributed by atoms with Crippen LogP contribution in [0.3, 0.4) is 0 Å². The van der Waals surface area contributed by atoms with Crippen molar-refractivity contribution in [2.24, 2.45) is 11.8 Å². The van der Waals surface area contributed by atoms with E-state index in [4.69, 9.17) is 16.3 Å². The van der Waals surface area contributed by atoms with Crippen LogP contribution in [0.5, 0.6) is 5.75 Å². The normalized spacial score (nSPS) is 23.7. The number of nitrogens with one attached hydrogen (secondary N) is 1. The molecule has 1 fully saturated rings. The van der Waals surface area contributed by atoms with Gasteiger partial charge in [-0.25, -0.2) is 0 Å². The second kappa shape index (κ2) is 6.41. The van der Waals surface area contributed by atoms with Crippen LogP contribution >= 0.6 is 11.6 Å². The first-order chi connectivity index (χ1) is 8.66. The minimum atomic E-state index is -0.504. The fourth-order valence-corrected chi connectivity index (χ4v) is 2.12. The molecule has 0 heterocycles. The largest absolute Gasteiger partial charge is 0.489 e. The van der Waals surface area contributed by atoms with Gasteiger partial charge in [-0.15, -0.1) is 0 Å². The Kier molecular flexibility index (Phi) is 4.87. The van der Waals surface area contributed by atoms with Crippen molar-refractivity contribution in [3.8, 4) is 5.75 Å². The number of rotatable bonds is 7. The Balaban J connectivity index is 1.62. The molecule has 0 amide bonds. The fourth-order valence-electron chi connectivity index (χ4n) is 1.93. The van der Waals surface area contributed by atoms with Crippen molar-refractivity contribution in [1.29, 1.82) is 0 Å². The highest BCUT2D eigenvalue weighted by molar-refractivity contribution is 6.32. The molecule has 2 N–H and O–H groups in total. The van der Waals surface area contributed by atoms with Crippen molar-refractivity contribution in [2.75, 3.05) is 19.7 Å². The minimum absolute atomic E-state index is 0.261. The summed E-state index contributed by atoms with van der Waals surface area (Å²) in [5.41, 5.74) is 0. The molecule has 4 heteroatoms. The fraction of sp³-hybridized carbons (Fsp3) is 0.571. The standard InChI is InChI=1S/C14H20ClNO2/c1-10-6-11(10)7-16-8-12(17)9-18-14-5-3-2-4-13(14)15/h2-5,10-12,16-17H,6-9H2,1H3. The monoisotopic (exact) mass is 269 g/mol. The molecule has 18 heavy (non-hydrogen) atoms. The number of benzene rings is 1. The molecule has 2 rings (SSSR count). The highest BCUT2D eigenvalue weighted by Gasteiger charge is 2.31. The average Bonchev–Trinajstić information content (AvgIpc) is 3.04. The van der Waals surface area contributed by atoms with Crippen LogP contribution in [0.1, 0.15) is 13.3 Å². The molecule has 1 aliphatic rings. The number of aliphatic hydroxyl groups is 1. The molecule has 0 saturated heterocycles. The third-order valence-electron chi connectivity index (χ3n) is 3.33. The van der Waals surface area contributed by atoms with Crippen LogP contribution in [0.4, 0.5) is 0 Å². The molecule has 0 radical (unpaired) electrons. The Morgan fingerprint density at radius 1 is 1.50 bits per heavy atom. The molecular weight excluding hydrogens is 250 g/mol. The molecule has 1 saturated carbocycles. The van der Waals surface area contributed by atoms with E-state index in [1.54, 1.807) is 12.1 Å². The second-order valence-electron chi connectivity index (χ2n) is 5.03. The van der Waals surface area contributed by atoms with E-state index in [0.29, 0.717) is 17.3 Å². The lowest BCUT2D eigenvalue weighted by Crippen LogP contribution is -2.32. The van der Waals surface area contributed by atoms with Gasteiger partial charge >= 0.3 is 0 Å². The second-order valence-corrected chi connectivity index (χ2v) is 5.43. The number of hydrogen-bond acceptors (Lipinski definition) is 3. The van der Waals surface area contributed by atoms with Crippen molar-refractivity contribution in [3.63, 3.8) is 0 Å². The average molecular weight is 270 g/mol. The number of hydrogen-bond donors (Lipinski definition) is 2. The van der Waals surface area contributed by atoms with Crippen LogP contribution in [0.2, 0.25) is 5.02 Å². The van der Waals surface area contributed by atoms with E-state index in [9.17, 15) is 5.11 Å². The van der Waals surface area contributed by atoms with E-state index in [-0.39, 0.29) is 6.61 Å². The predicted molar refractivity (Wildman–Crippen MR) is 73.1 cm³/mol. The molecule has 100 valence electrons. The third-order valence-corrected chi connectivity index (χ3v) is 3.64. The van der Waals surface area contributed by atoms with Crippen LogP contribution in [0.15, 0.2) is 24.3 Å². The Morgan fingerprint density at radius 3 is 2.89 bits per heavy atom. The third kappa shape index (κ3) is 4.16. The van der Waals surface area contributed by atoms with Crippen molar-refractivity contribution in [2.45, 2.75) is 19.4 Å². The van der Waals surface area contributed by atoms with Crippen LogP contribution in [0.25, 0.3) is 0 Å². The molecule has 0 spiro atoms. The number of ether oxygens (including phenoxy) is 1. The zero-order valence-electron chi connectivity index (χ0n) is 10.6. The van der Waals surface area contributed by atoms with Gasteiger partial charge in [-0.3, -0.25) is 0 Å². The molecule has 3 atom stereocenters. The first-order valence-electron chi connectivity index (χ1n) is 6.43. The van der Waals surface area contributed by atoms with E-state index in [0.717, 1.165) is 18.4 Å². The highest BCUT2D eigenvalue weighted by Crippen LogP contribution is 2.36. The lowest BCUT2D eigenvalue weighted by molar-refractivity contribution is 0.106.